The smallest absolute Gasteiger partial charge is 0.416 e. The summed E-state index contributed by atoms with van der Waals surface area (Å²) in [7, 11) is 0. The first-order chi connectivity index (χ1) is 13.7. The number of halogens is 3. The molecule has 2 aromatic rings. The molecule has 0 saturated carbocycles. The van der Waals surface area contributed by atoms with E-state index in [0.29, 0.717) is 6.42 Å². The summed E-state index contributed by atoms with van der Waals surface area (Å²) < 4.78 is 47.4. The second-order valence-corrected chi connectivity index (χ2v) is 6.87. The topological polar surface area (TPSA) is 81.7 Å². The van der Waals surface area contributed by atoms with E-state index in [9.17, 15) is 27.6 Å². The number of carbonyl (C=O) groups is 3. The number of thiophene rings is 1. The molecule has 0 radical (unpaired) electrons. The molecule has 0 aliphatic heterocycles. The van der Waals surface area contributed by atoms with Crippen molar-refractivity contribution in [1.29, 1.82) is 0 Å². The van der Waals surface area contributed by atoms with Crippen LogP contribution >= 0.6 is 11.3 Å². The summed E-state index contributed by atoms with van der Waals surface area (Å²) in [5.74, 6) is -2.22. The molecule has 2 rings (SSSR count). The number of hydrogen-bond acceptors (Lipinski definition) is 6. The molecule has 1 N–H and O–H groups in total. The number of benzene rings is 1. The van der Waals surface area contributed by atoms with Crippen LogP contribution in [-0.4, -0.2) is 31.1 Å². The van der Waals surface area contributed by atoms with E-state index >= 15 is 0 Å². The van der Waals surface area contributed by atoms with Crippen LogP contribution in [-0.2, 0) is 26.9 Å². The average Bonchev–Trinajstić information content (AvgIpc) is 3.08. The zero-order valence-electron chi connectivity index (χ0n) is 15.6. The molecule has 6 nitrogen and oxygen atoms in total. The van der Waals surface area contributed by atoms with Crippen molar-refractivity contribution in [1.82, 2.24) is 0 Å². The number of carbonyl (C=O) groups excluding carboxylic acids is 3. The molecule has 156 valence electrons. The third kappa shape index (κ3) is 6.05. The molecule has 0 saturated heterocycles. The third-order valence-electron chi connectivity index (χ3n) is 3.66. The van der Waals surface area contributed by atoms with E-state index in [0.717, 1.165) is 29.1 Å². The number of anilines is 1. The highest BCUT2D eigenvalue weighted by molar-refractivity contribution is 7.16. The second-order valence-electron chi connectivity index (χ2n) is 5.73. The van der Waals surface area contributed by atoms with Gasteiger partial charge in [0.2, 0.25) is 0 Å². The highest BCUT2D eigenvalue weighted by atomic mass is 32.1. The third-order valence-corrected chi connectivity index (χ3v) is 4.86. The number of nitrogens with one attached hydrogen (secondary N) is 1. The standard InChI is InChI=1S/C19H18F3NO5S/c1-3-13-9-14(18(26)27-4-2)16(29-13)23-15(24)10-28-17(25)11-5-7-12(8-6-11)19(20,21)22/h5-9H,3-4,10H2,1-2H3,(H,23,24). The first kappa shape index (κ1) is 22.4. The maximum atomic E-state index is 12.5. The molecule has 1 amide bonds. The van der Waals surface area contributed by atoms with Crippen molar-refractivity contribution in [3.8, 4) is 0 Å². The predicted octanol–water partition coefficient (Wildman–Crippen LogP) is 4.30. The Morgan fingerprint density at radius 1 is 1.03 bits per heavy atom. The minimum absolute atomic E-state index is 0.123. The van der Waals surface area contributed by atoms with Crippen molar-refractivity contribution in [3.63, 3.8) is 0 Å². The molecule has 0 spiro atoms. The maximum absolute atomic E-state index is 12.5. The molecule has 1 heterocycles. The lowest BCUT2D eigenvalue weighted by atomic mass is 10.1. The number of hydrogen-bond donors (Lipinski definition) is 1. The molecule has 0 unspecified atom stereocenters. The van der Waals surface area contributed by atoms with Crippen molar-refractivity contribution in [2.45, 2.75) is 26.4 Å². The molecular weight excluding hydrogens is 411 g/mol. The summed E-state index contributed by atoms with van der Waals surface area (Å²) in [5, 5.41) is 2.77. The van der Waals surface area contributed by atoms with Crippen LogP contribution in [0.2, 0.25) is 0 Å². The summed E-state index contributed by atoms with van der Waals surface area (Å²) in [5.41, 5.74) is -0.818. The van der Waals surface area contributed by atoms with Gasteiger partial charge in [-0.05, 0) is 43.7 Å². The van der Waals surface area contributed by atoms with Crippen molar-refractivity contribution in [2.75, 3.05) is 18.5 Å². The van der Waals surface area contributed by atoms with Crippen molar-refractivity contribution in [2.24, 2.45) is 0 Å². The van der Waals surface area contributed by atoms with Gasteiger partial charge in [-0.1, -0.05) is 6.92 Å². The van der Waals surface area contributed by atoms with Gasteiger partial charge < -0.3 is 14.8 Å². The van der Waals surface area contributed by atoms with Gasteiger partial charge >= 0.3 is 18.1 Å². The van der Waals surface area contributed by atoms with Crippen molar-refractivity contribution < 1.29 is 37.0 Å². The van der Waals surface area contributed by atoms with E-state index in [-0.39, 0.29) is 22.7 Å². The largest absolute Gasteiger partial charge is 0.462 e. The number of alkyl halides is 3. The Morgan fingerprint density at radius 2 is 1.69 bits per heavy atom. The van der Waals surface area contributed by atoms with Crippen LogP contribution in [0.3, 0.4) is 0 Å². The van der Waals surface area contributed by atoms with Crippen LogP contribution < -0.4 is 5.32 Å². The summed E-state index contributed by atoms with van der Waals surface area (Å²) in [6, 6.07) is 5.05. The van der Waals surface area contributed by atoms with Crippen LogP contribution in [0, 0.1) is 0 Å². The number of ether oxygens (including phenoxy) is 2. The summed E-state index contributed by atoms with van der Waals surface area (Å²) >= 11 is 1.20. The van der Waals surface area contributed by atoms with Gasteiger partial charge in [-0.2, -0.15) is 13.2 Å². The Balaban J connectivity index is 1.98. The van der Waals surface area contributed by atoms with Crippen LogP contribution in [0.15, 0.2) is 30.3 Å². The second kappa shape index (κ2) is 9.55. The average molecular weight is 429 g/mol. The fourth-order valence-corrected chi connectivity index (χ4v) is 3.24. The van der Waals surface area contributed by atoms with Crippen molar-refractivity contribution in [3.05, 3.63) is 51.9 Å². The molecule has 0 fully saturated rings. The summed E-state index contributed by atoms with van der Waals surface area (Å²) in [4.78, 5) is 36.8. The van der Waals surface area contributed by atoms with Gasteiger partial charge in [0.1, 0.15) is 5.00 Å². The molecule has 0 aliphatic rings. The Labute approximate surface area is 168 Å². The van der Waals surface area contributed by atoms with Crippen molar-refractivity contribution >= 4 is 34.2 Å². The monoisotopic (exact) mass is 429 g/mol. The van der Waals surface area contributed by atoms with Crippen LogP contribution in [0.4, 0.5) is 18.2 Å². The van der Waals surface area contributed by atoms with Crippen LogP contribution in [0.25, 0.3) is 0 Å². The minimum Gasteiger partial charge on any atom is -0.462 e. The predicted molar refractivity (Wildman–Crippen MR) is 100 cm³/mol. The normalized spacial score (nSPS) is 11.1. The number of esters is 2. The van der Waals surface area contributed by atoms with Gasteiger partial charge in [0, 0.05) is 4.88 Å². The first-order valence-corrected chi connectivity index (χ1v) is 9.41. The molecule has 0 atom stereocenters. The van der Waals surface area contributed by atoms with E-state index in [2.05, 4.69) is 5.32 Å². The Hall–Kier alpha value is -2.88. The van der Waals surface area contributed by atoms with E-state index < -0.39 is 36.2 Å². The molecule has 1 aromatic heterocycles. The van der Waals surface area contributed by atoms with Gasteiger partial charge in [0.15, 0.2) is 6.61 Å². The lowest BCUT2D eigenvalue weighted by molar-refractivity contribution is -0.137. The van der Waals surface area contributed by atoms with Crippen LogP contribution in [0.1, 0.15) is 45.0 Å². The number of amides is 1. The Bertz CT molecular complexity index is 890. The zero-order valence-corrected chi connectivity index (χ0v) is 16.4. The summed E-state index contributed by atoms with van der Waals surface area (Å²) in [6.07, 6.45) is -3.87. The molecule has 0 bridgehead atoms. The lowest BCUT2D eigenvalue weighted by Crippen LogP contribution is -2.21. The highest BCUT2D eigenvalue weighted by Crippen LogP contribution is 2.30. The highest BCUT2D eigenvalue weighted by Gasteiger charge is 2.30. The van der Waals surface area contributed by atoms with E-state index in [1.54, 1.807) is 13.0 Å². The fourth-order valence-electron chi connectivity index (χ4n) is 2.24. The lowest BCUT2D eigenvalue weighted by Gasteiger charge is -2.08. The molecule has 0 aliphatic carbocycles. The van der Waals surface area contributed by atoms with Gasteiger partial charge in [0.05, 0.1) is 23.3 Å². The van der Waals surface area contributed by atoms with E-state index in [4.69, 9.17) is 9.47 Å². The Morgan fingerprint density at radius 3 is 2.24 bits per heavy atom. The zero-order chi connectivity index (χ0) is 21.6. The summed E-state index contributed by atoms with van der Waals surface area (Å²) in [6.45, 7) is 3.05. The maximum Gasteiger partial charge on any atom is 0.416 e. The number of aryl methyl sites for hydroxylation is 1. The van der Waals surface area contributed by atoms with Gasteiger partial charge in [-0.25, -0.2) is 9.59 Å². The molecule has 1 aromatic carbocycles. The fraction of sp³-hybridized carbons (Fsp3) is 0.316. The van der Waals surface area contributed by atoms with Gasteiger partial charge in [-0.3, -0.25) is 4.79 Å². The van der Waals surface area contributed by atoms with Gasteiger partial charge in [-0.15, -0.1) is 11.3 Å². The minimum atomic E-state index is -4.52. The first-order valence-electron chi connectivity index (χ1n) is 8.59. The van der Waals surface area contributed by atoms with Crippen LogP contribution in [0.5, 0.6) is 0 Å². The van der Waals surface area contributed by atoms with E-state index in [1.165, 1.54) is 11.3 Å². The molecular formula is C19H18F3NO5S. The van der Waals surface area contributed by atoms with Gasteiger partial charge in [0.25, 0.3) is 5.91 Å². The molecule has 29 heavy (non-hydrogen) atoms. The number of rotatable bonds is 7. The van der Waals surface area contributed by atoms with E-state index in [1.807, 2.05) is 6.92 Å². The SMILES string of the molecule is CCOC(=O)c1cc(CC)sc1NC(=O)COC(=O)c1ccc(C(F)(F)F)cc1. The Kier molecular flexibility index (Phi) is 7.38. The molecule has 10 heteroatoms. The quantitative estimate of drug-likeness (QED) is 0.664.